The van der Waals surface area contributed by atoms with E-state index < -0.39 is 0 Å². The number of nitrogens with zero attached hydrogens (tertiary/aromatic N) is 1. The highest BCUT2D eigenvalue weighted by Crippen LogP contribution is 2.29. The Bertz CT molecular complexity index is 331. The fourth-order valence-electron chi connectivity index (χ4n) is 2.32. The molecule has 1 atom stereocenters. The van der Waals surface area contributed by atoms with Crippen molar-refractivity contribution in [3.8, 4) is 0 Å². The second kappa shape index (κ2) is 5.44. The summed E-state index contributed by atoms with van der Waals surface area (Å²) in [7, 11) is 0. The van der Waals surface area contributed by atoms with Crippen LogP contribution in [0.4, 0.5) is 0 Å². The summed E-state index contributed by atoms with van der Waals surface area (Å²) in [4.78, 5) is 4.20. The highest BCUT2D eigenvalue weighted by atomic mass is 14.9. The Hall–Kier alpha value is -0.890. The molecule has 1 aromatic rings. The van der Waals surface area contributed by atoms with Crippen LogP contribution in [0.2, 0.25) is 0 Å². The molecule has 1 aliphatic rings. The summed E-state index contributed by atoms with van der Waals surface area (Å²) < 4.78 is 0. The van der Waals surface area contributed by atoms with Crippen LogP contribution in [0.3, 0.4) is 0 Å². The van der Waals surface area contributed by atoms with Crippen molar-refractivity contribution < 1.29 is 0 Å². The van der Waals surface area contributed by atoms with Gasteiger partial charge in [-0.2, -0.15) is 0 Å². The van der Waals surface area contributed by atoms with Gasteiger partial charge in [0.1, 0.15) is 0 Å². The minimum atomic E-state index is 0.425. The normalized spacial score (nSPS) is 18.1. The summed E-state index contributed by atoms with van der Waals surface area (Å²) in [6, 6.07) is 2.51. The van der Waals surface area contributed by atoms with E-state index in [4.69, 9.17) is 0 Å². The molecule has 1 fully saturated rings. The van der Waals surface area contributed by atoms with Crippen LogP contribution < -0.4 is 5.32 Å². The average molecular weight is 218 g/mol. The number of nitrogens with one attached hydrogen (secondary N) is 1. The number of hydrogen-bond acceptors (Lipinski definition) is 2. The molecule has 1 heterocycles. The van der Waals surface area contributed by atoms with Crippen LogP contribution in [0.5, 0.6) is 0 Å². The molecule has 0 spiro atoms. The highest BCUT2D eigenvalue weighted by molar-refractivity contribution is 5.24. The second-order valence-corrected chi connectivity index (χ2v) is 4.99. The molecular weight excluding hydrogens is 196 g/mol. The molecule has 0 radical (unpaired) electrons. The number of pyridine rings is 1. The quantitative estimate of drug-likeness (QED) is 0.820. The van der Waals surface area contributed by atoms with Crippen LogP contribution in [0.1, 0.15) is 49.8 Å². The van der Waals surface area contributed by atoms with Crippen molar-refractivity contribution in [3.05, 3.63) is 29.6 Å². The molecule has 0 saturated heterocycles. The van der Waals surface area contributed by atoms with Crippen molar-refractivity contribution in [2.45, 2.75) is 45.6 Å². The number of aryl methyl sites for hydroxylation is 1. The van der Waals surface area contributed by atoms with Crippen LogP contribution in [0.25, 0.3) is 0 Å². The van der Waals surface area contributed by atoms with Crippen molar-refractivity contribution in [2.75, 3.05) is 6.54 Å². The van der Waals surface area contributed by atoms with E-state index in [2.05, 4.69) is 30.2 Å². The molecule has 1 aliphatic carbocycles. The number of rotatable bonds is 5. The summed E-state index contributed by atoms with van der Waals surface area (Å²) in [6.07, 6.45) is 9.52. The van der Waals surface area contributed by atoms with Crippen LogP contribution in [-0.2, 0) is 0 Å². The molecule has 1 saturated carbocycles. The monoisotopic (exact) mass is 218 g/mol. The highest BCUT2D eigenvalue weighted by Gasteiger charge is 2.17. The number of hydrogen-bond donors (Lipinski definition) is 1. The Morgan fingerprint density at radius 1 is 1.50 bits per heavy atom. The zero-order chi connectivity index (χ0) is 11.4. The van der Waals surface area contributed by atoms with Gasteiger partial charge < -0.3 is 5.32 Å². The van der Waals surface area contributed by atoms with E-state index in [1.807, 2.05) is 12.4 Å². The lowest BCUT2D eigenvalue weighted by Gasteiger charge is -2.26. The van der Waals surface area contributed by atoms with E-state index in [1.54, 1.807) is 0 Å². The standard InChI is InChI=1S/C14H22N2/c1-11-6-8-15-10-14(11)12(2)16-9-7-13-4-3-5-13/h6,8,10,12-13,16H,3-5,7,9H2,1-2H3. The van der Waals surface area contributed by atoms with Crippen LogP contribution in [0, 0.1) is 12.8 Å². The Kier molecular flexibility index (Phi) is 3.94. The first-order chi connectivity index (χ1) is 7.77. The maximum absolute atomic E-state index is 4.20. The Morgan fingerprint density at radius 3 is 2.94 bits per heavy atom. The van der Waals surface area contributed by atoms with Crippen molar-refractivity contribution >= 4 is 0 Å². The van der Waals surface area contributed by atoms with Gasteiger partial charge in [-0.05, 0) is 49.9 Å². The molecule has 0 amide bonds. The van der Waals surface area contributed by atoms with Gasteiger partial charge in [-0.1, -0.05) is 19.3 Å². The van der Waals surface area contributed by atoms with Crippen LogP contribution in [0.15, 0.2) is 18.5 Å². The fourth-order valence-corrected chi connectivity index (χ4v) is 2.32. The van der Waals surface area contributed by atoms with Gasteiger partial charge in [-0.15, -0.1) is 0 Å². The lowest BCUT2D eigenvalue weighted by Crippen LogP contribution is -2.24. The minimum absolute atomic E-state index is 0.425. The SMILES string of the molecule is Cc1ccncc1C(C)NCCC1CCC1. The fraction of sp³-hybridized carbons (Fsp3) is 0.643. The predicted octanol–water partition coefficient (Wildman–Crippen LogP) is 3.23. The Morgan fingerprint density at radius 2 is 2.31 bits per heavy atom. The molecule has 0 bridgehead atoms. The first kappa shape index (κ1) is 11.6. The van der Waals surface area contributed by atoms with E-state index in [0.29, 0.717) is 6.04 Å². The van der Waals surface area contributed by atoms with Crippen molar-refractivity contribution in [2.24, 2.45) is 5.92 Å². The number of aromatic nitrogens is 1. The minimum Gasteiger partial charge on any atom is -0.310 e. The third-order valence-corrected chi connectivity index (χ3v) is 3.77. The summed E-state index contributed by atoms with van der Waals surface area (Å²) in [5, 5.41) is 3.60. The third kappa shape index (κ3) is 2.82. The lowest BCUT2D eigenvalue weighted by atomic mass is 9.83. The summed E-state index contributed by atoms with van der Waals surface area (Å²) in [5.41, 5.74) is 2.66. The Labute approximate surface area is 98.5 Å². The molecule has 0 aromatic carbocycles. The largest absolute Gasteiger partial charge is 0.310 e. The third-order valence-electron chi connectivity index (χ3n) is 3.77. The van der Waals surface area contributed by atoms with Gasteiger partial charge in [-0.25, -0.2) is 0 Å². The second-order valence-electron chi connectivity index (χ2n) is 4.99. The Balaban J connectivity index is 1.78. The average Bonchev–Trinajstić information content (AvgIpc) is 2.22. The van der Waals surface area contributed by atoms with Gasteiger partial charge in [0.2, 0.25) is 0 Å². The smallest absolute Gasteiger partial charge is 0.0318 e. The molecule has 1 N–H and O–H groups in total. The van der Waals surface area contributed by atoms with Crippen molar-refractivity contribution in [1.29, 1.82) is 0 Å². The van der Waals surface area contributed by atoms with E-state index in [0.717, 1.165) is 12.5 Å². The zero-order valence-corrected chi connectivity index (χ0v) is 10.4. The molecule has 0 aliphatic heterocycles. The van der Waals surface area contributed by atoms with Gasteiger partial charge in [0.15, 0.2) is 0 Å². The molecule has 2 rings (SSSR count). The van der Waals surface area contributed by atoms with Crippen LogP contribution in [-0.4, -0.2) is 11.5 Å². The summed E-state index contributed by atoms with van der Waals surface area (Å²) >= 11 is 0. The summed E-state index contributed by atoms with van der Waals surface area (Å²) in [6.45, 7) is 5.52. The van der Waals surface area contributed by atoms with E-state index >= 15 is 0 Å². The van der Waals surface area contributed by atoms with E-state index in [9.17, 15) is 0 Å². The molecule has 16 heavy (non-hydrogen) atoms. The van der Waals surface area contributed by atoms with Crippen molar-refractivity contribution in [3.63, 3.8) is 0 Å². The molecular formula is C14H22N2. The van der Waals surface area contributed by atoms with Crippen LogP contribution >= 0.6 is 0 Å². The molecule has 2 heteroatoms. The molecule has 1 aromatic heterocycles. The summed E-state index contributed by atoms with van der Waals surface area (Å²) in [5.74, 6) is 0.995. The van der Waals surface area contributed by atoms with Gasteiger partial charge in [0.25, 0.3) is 0 Å². The molecule has 88 valence electrons. The molecule has 1 unspecified atom stereocenters. The lowest BCUT2D eigenvalue weighted by molar-refractivity contribution is 0.288. The molecule has 2 nitrogen and oxygen atoms in total. The van der Waals surface area contributed by atoms with E-state index in [1.165, 1.54) is 36.8 Å². The predicted molar refractivity (Wildman–Crippen MR) is 67.3 cm³/mol. The van der Waals surface area contributed by atoms with E-state index in [-0.39, 0.29) is 0 Å². The maximum atomic E-state index is 4.20. The first-order valence-corrected chi connectivity index (χ1v) is 6.41. The van der Waals surface area contributed by atoms with Gasteiger partial charge in [0.05, 0.1) is 0 Å². The van der Waals surface area contributed by atoms with Gasteiger partial charge in [-0.3, -0.25) is 4.98 Å². The van der Waals surface area contributed by atoms with Gasteiger partial charge >= 0.3 is 0 Å². The van der Waals surface area contributed by atoms with Crippen molar-refractivity contribution in [1.82, 2.24) is 10.3 Å². The zero-order valence-electron chi connectivity index (χ0n) is 10.4. The first-order valence-electron chi connectivity index (χ1n) is 6.41. The topological polar surface area (TPSA) is 24.9 Å². The van der Waals surface area contributed by atoms with Gasteiger partial charge in [0, 0.05) is 18.4 Å². The maximum Gasteiger partial charge on any atom is 0.0318 e.